The summed E-state index contributed by atoms with van der Waals surface area (Å²) in [6, 6.07) is 9.28. The second-order valence-corrected chi connectivity index (χ2v) is 7.53. The number of aliphatic hydroxyl groups is 1. The third-order valence-corrected chi connectivity index (χ3v) is 5.57. The van der Waals surface area contributed by atoms with Crippen LogP contribution < -0.4 is 10.2 Å². The normalized spacial score (nSPS) is 21.5. The molecule has 5 heteroatoms. The highest BCUT2D eigenvalue weighted by molar-refractivity contribution is 5.54. The molecule has 2 heterocycles. The summed E-state index contributed by atoms with van der Waals surface area (Å²) >= 11 is 0. The number of rotatable bonds is 7. The maximum Gasteiger partial charge on any atom is 0.0579 e. The van der Waals surface area contributed by atoms with Gasteiger partial charge in [0.25, 0.3) is 0 Å². The summed E-state index contributed by atoms with van der Waals surface area (Å²) in [4.78, 5) is 4.87. The van der Waals surface area contributed by atoms with Gasteiger partial charge >= 0.3 is 0 Å². The Morgan fingerprint density at radius 2 is 2.00 bits per heavy atom. The molecule has 1 aromatic carbocycles. The number of anilines is 1. The number of hydrogen-bond donors (Lipinski definition) is 2. The fourth-order valence-electron chi connectivity index (χ4n) is 3.69. The summed E-state index contributed by atoms with van der Waals surface area (Å²) in [5.74, 6) is 0. The Kier molecular flexibility index (Phi) is 5.76. The molecule has 1 aromatic rings. The second kappa shape index (κ2) is 7.83. The minimum atomic E-state index is -0.0746. The number of aliphatic hydroxyl groups excluding tert-OH is 1. The van der Waals surface area contributed by atoms with E-state index in [1.54, 1.807) is 0 Å². The molecule has 0 aromatic heterocycles. The SMILES string of the molecule is CN1CCC(N(C)c2ccccc2CNCC2(CO)COC2)CC1. The minimum Gasteiger partial charge on any atom is -0.396 e. The van der Waals surface area contributed by atoms with Crippen molar-refractivity contribution in [1.82, 2.24) is 10.2 Å². The lowest BCUT2D eigenvalue weighted by Crippen LogP contribution is -2.52. The molecule has 0 radical (unpaired) electrons. The van der Waals surface area contributed by atoms with Gasteiger partial charge in [0.2, 0.25) is 0 Å². The zero-order valence-corrected chi connectivity index (χ0v) is 15.0. The fraction of sp³-hybridized carbons (Fsp3) is 0.684. The summed E-state index contributed by atoms with van der Waals surface area (Å²) < 4.78 is 5.27. The van der Waals surface area contributed by atoms with Crippen LogP contribution in [0.4, 0.5) is 5.69 Å². The quantitative estimate of drug-likeness (QED) is 0.788. The smallest absolute Gasteiger partial charge is 0.0579 e. The summed E-state index contributed by atoms with van der Waals surface area (Å²) in [5.41, 5.74) is 2.57. The lowest BCUT2D eigenvalue weighted by molar-refractivity contribution is -0.134. The molecular formula is C19H31N3O2. The van der Waals surface area contributed by atoms with Crippen molar-refractivity contribution in [3.05, 3.63) is 29.8 Å². The fourth-order valence-corrected chi connectivity index (χ4v) is 3.69. The molecule has 3 rings (SSSR count). The number of hydrogen-bond acceptors (Lipinski definition) is 5. The van der Waals surface area contributed by atoms with Crippen LogP contribution >= 0.6 is 0 Å². The highest BCUT2D eigenvalue weighted by Crippen LogP contribution is 2.27. The maximum absolute atomic E-state index is 9.54. The van der Waals surface area contributed by atoms with Crippen LogP contribution in [0.25, 0.3) is 0 Å². The van der Waals surface area contributed by atoms with Gasteiger partial charge < -0.3 is 25.0 Å². The number of ether oxygens (including phenoxy) is 1. The molecule has 0 amide bonds. The first-order chi connectivity index (χ1) is 11.6. The largest absolute Gasteiger partial charge is 0.396 e. The van der Waals surface area contributed by atoms with Gasteiger partial charge in [-0.3, -0.25) is 0 Å². The highest BCUT2D eigenvalue weighted by atomic mass is 16.5. The van der Waals surface area contributed by atoms with Gasteiger partial charge in [0, 0.05) is 31.9 Å². The van der Waals surface area contributed by atoms with Crippen molar-refractivity contribution in [1.29, 1.82) is 0 Å². The predicted molar refractivity (Wildman–Crippen MR) is 97.4 cm³/mol. The Morgan fingerprint density at radius 1 is 1.29 bits per heavy atom. The molecule has 5 nitrogen and oxygen atoms in total. The molecule has 2 fully saturated rings. The summed E-state index contributed by atoms with van der Waals surface area (Å²) in [6.07, 6.45) is 2.44. The van der Waals surface area contributed by atoms with Gasteiger partial charge in [-0.05, 0) is 44.6 Å². The standard InChI is InChI=1S/C19H31N3O2/c1-21-9-7-17(8-10-21)22(2)18-6-4-3-5-16(18)11-20-12-19(13-23)14-24-15-19/h3-6,17,20,23H,7-15H2,1-2H3. The lowest BCUT2D eigenvalue weighted by Gasteiger charge is -2.40. The number of likely N-dealkylation sites (tertiary alicyclic amines) is 1. The summed E-state index contributed by atoms with van der Waals surface area (Å²) in [6.45, 7) is 5.49. The van der Waals surface area contributed by atoms with E-state index in [1.807, 2.05) is 0 Å². The van der Waals surface area contributed by atoms with Crippen molar-refractivity contribution in [2.24, 2.45) is 5.41 Å². The Hall–Kier alpha value is -1.14. The Labute approximate surface area is 145 Å². The Balaban J connectivity index is 1.60. The van der Waals surface area contributed by atoms with Crippen LogP contribution in [0.15, 0.2) is 24.3 Å². The molecular weight excluding hydrogens is 302 g/mol. The maximum atomic E-state index is 9.54. The summed E-state index contributed by atoms with van der Waals surface area (Å²) in [7, 11) is 4.43. The van der Waals surface area contributed by atoms with E-state index in [1.165, 1.54) is 37.2 Å². The van der Waals surface area contributed by atoms with Crippen LogP contribution in [-0.4, -0.2) is 69.6 Å². The number of benzene rings is 1. The van der Waals surface area contributed by atoms with Gasteiger partial charge in [0.05, 0.1) is 25.2 Å². The van der Waals surface area contributed by atoms with Crippen molar-refractivity contribution in [2.45, 2.75) is 25.4 Å². The number of piperidine rings is 1. The number of nitrogens with one attached hydrogen (secondary N) is 1. The monoisotopic (exact) mass is 333 g/mol. The second-order valence-electron chi connectivity index (χ2n) is 7.53. The third-order valence-electron chi connectivity index (χ3n) is 5.57. The minimum absolute atomic E-state index is 0.0746. The van der Waals surface area contributed by atoms with Crippen molar-refractivity contribution < 1.29 is 9.84 Å². The predicted octanol–water partition coefficient (Wildman–Crippen LogP) is 1.32. The molecule has 24 heavy (non-hydrogen) atoms. The van der Waals surface area contributed by atoms with E-state index in [0.717, 1.165) is 13.1 Å². The molecule has 0 bridgehead atoms. The van der Waals surface area contributed by atoms with Crippen LogP contribution in [-0.2, 0) is 11.3 Å². The molecule has 0 atom stereocenters. The molecule has 0 unspecified atom stereocenters. The number of nitrogens with zero attached hydrogens (tertiary/aromatic N) is 2. The van der Waals surface area contributed by atoms with Gasteiger partial charge in [0.15, 0.2) is 0 Å². The van der Waals surface area contributed by atoms with E-state index in [4.69, 9.17) is 4.74 Å². The average molecular weight is 333 g/mol. The van der Waals surface area contributed by atoms with Gasteiger partial charge in [-0.25, -0.2) is 0 Å². The molecule has 134 valence electrons. The summed E-state index contributed by atoms with van der Waals surface area (Å²) in [5, 5.41) is 13.1. The van der Waals surface area contributed by atoms with E-state index in [0.29, 0.717) is 19.3 Å². The van der Waals surface area contributed by atoms with Crippen molar-refractivity contribution in [3.8, 4) is 0 Å². The van der Waals surface area contributed by atoms with Crippen LogP contribution in [0, 0.1) is 5.41 Å². The van der Waals surface area contributed by atoms with Gasteiger partial charge in [-0.1, -0.05) is 18.2 Å². The molecule has 0 saturated carbocycles. The van der Waals surface area contributed by atoms with E-state index in [9.17, 15) is 5.11 Å². The molecule has 0 aliphatic carbocycles. The molecule has 2 N–H and O–H groups in total. The average Bonchev–Trinajstić information content (AvgIpc) is 2.58. The van der Waals surface area contributed by atoms with Crippen LogP contribution in [0.1, 0.15) is 18.4 Å². The first-order valence-electron chi connectivity index (χ1n) is 9.02. The van der Waals surface area contributed by atoms with E-state index in [2.05, 4.69) is 53.5 Å². The first-order valence-corrected chi connectivity index (χ1v) is 9.02. The first kappa shape index (κ1) is 17.7. The lowest BCUT2D eigenvalue weighted by atomic mass is 9.87. The van der Waals surface area contributed by atoms with E-state index >= 15 is 0 Å². The van der Waals surface area contributed by atoms with Crippen LogP contribution in [0.5, 0.6) is 0 Å². The highest BCUT2D eigenvalue weighted by Gasteiger charge is 2.37. The van der Waals surface area contributed by atoms with Crippen molar-refractivity contribution in [2.75, 3.05) is 58.5 Å². The van der Waals surface area contributed by atoms with E-state index < -0.39 is 0 Å². The zero-order valence-electron chi connectivity index (χ0n) is 15.0. The third kappa shape index (κ3) is 3.91. The topological polar surface area (TPSA) is 48.0 Å². The van der Waals surface area contributed by atoms with Crippen LogP contribution in [0.2, 0.25) is 0 Å². The van der Waals surface area contributed by atoms with Gasteiger partial charge in [-0.2, -0.15) is 0 Å². The zero-order chi connectivity index (χ0) is 17.0. The Bertz CT molecular complexity index is 520. The number of para-hydroxylation sites is 1. The Morgan fingerprint density at radius 3 is 2.62 bits per heavy atom. The van der Waals surface area contributed by atoms with Gasteiger partial charge in [-0.15, -0.1) is 0 Å². The van der Waals surface area contributed by atoms with Crippen molar-refractivity contribution >= 4 is 5.69 Å². The van der Waals surface area contributed by atoms with E-state index in [-0.39, 0.29) is 12.0 Å². The molecule has 2 saturated heterocycles. The van der Waals surface area contributed by atoms with Crippen molar-refractivity contribution in [3.63, 3.8) is 0 Å². The molecule has 0 spiro atoms. The van der Waals surface area contributed by atoms with Crippen LogP contribution in [0.3, 0.4) is 0 Å². The van der Waals surface area contributed by atoms with Gasteiger partial charge in [0.1, 0.15) is 0 Å². The molecule has 2 aliphatic rings. The molecule has 2 aliphatic heterocycles.